The first-order valence-electron chi connectivity index (χ1n) is 32.2. The number of hydrogen-bond donors (Lipinski definition) is 7. The highest BCUT2D eigenvalue weighted by Crippen LogP contribution is 2.27. The van der Waals surface area contributed by atoms with Gasteiger partial charge in [0.25, 0.3) is 0 Å². The molecule has 2 fully saturated rings. The van der Waals surface area contributed by atoms with Crippen molar-refractivity contribution in [2.24, 2.45) is 0 Å². The predicted octanol–water partition coefficient (Wildman–Crippen LogP) is 12.8. The van der Waals surface area contributed by atoms with Crippen molar-refractivity contribution in [3.05, 3.63) is 85.1 Å². The maximum atomic E-state index is 13.1. The zero-order chi connectivity index (χ0) is 58.6. The highest BCUT2D eigenvalue weighted by Gasteiger charge is 2.47. The van der Waals surface area contributed by atoms with Crippen LogP contribution in [-0.4, -0.2) is 142 Å². The molecule has 2 rings (SSSR count). The Morgan fingerprint density at radius 3 is 1.26 bits per heavy atom. The van der Waals surface area contributed by atoms with Gasteiger partial charge in [0.2, 0.25) is 0 Å². The van der Waals surface area contributed by atoms with Gasteiger partial charge in [0.15, 0.2) is 12.6 Å². The van der Waals surface area contributed by atoms with Crippen molar-refractivity contribution in [3.63, 3.8) is 0 Å². The number of carbonyl (C=O) groups is 1. The lowest BCUT2D eigenvalue weighted by molar-refractivity contribution is -0.332. The third kappa shape index (κ3) is 38.7. The highest BCUT2D eigenvalue weighted by atomic mass is 16.7. The summed E-state index contributed by atoms with van der Waals surface area (Å²) in [6.07, 6.45) is 53.5. The van der Waals surface area contributed by atoms with Gasteiger partial charge in [0, 0.05) is 13.0 Å². The molecular formula is C67H116O14. The second kappa shape index (κ2) is 52.7. The van der Waals surface area contributed by atoms with Crippen LogP contribution in [0.3, 0.4) is 0 Å². The molecule has 0 bridgehead atoms. The van der Waals surface area contributed by atoms with Crippen molar-refractivity contribution < 1.29 is 69.0 Å². The fraction of sp³-hybridized carbons (Fsp3) is 0.776. The Labute approximate surface area is 490 Å². The first-order valence-corrected chi connectivity index (χ1v) is 32.2. The summed E-state index contributed by atoms with van der Waals surface area (Å²) < 4.78 is 34.5. The molecule has 0 aromatic rings. The number of rotatable bonds is 52. The molecule has 11 unspecified atom stereocenters. The van der Waals surface area contributed by atoms with E-state index in [0.717, 1.165) is 89.9 Å². The molecule has 468 valence electrons. The Hall–Kier alpha value is -2.83. The molecular weight excluding hydrogens is 1030 g/mol. The summed E-state index contributed by atoms with van der Waals surface area (Å²) in [5.74, 6) is -0.383. The van der Waals surface area contributed by atoms with Gasteiger partial charge in [-0.2, -0.15) is 0 Å². The van der Waals surface area contributed by atoms with Crippen LogP contribution in [0.15, 0.2) is 85.1 Å². The molecule has 0 radical (unpaired) electrons. The first-order chi connectivity index (χ1) is 39.6. The number of ether oxygens (including phenoxy) is 6. The predicted molar refractivity (Wildman–Crippen MR) is 325 cm³/mol. The van der Waals surface area contributed by atoms with E-state index in [-0.39, 0.29) is 25.6 Å². The standard InChI is InChI=1S/C67H116O14/c1-3-5-7-9-11-13-15-17-19-21-23-25-26-27-28-29-31-33-35-37-39-41-43-45-47-49-51-76-53-56(54-77-66-65(75)63(73)61(71)58(81-66)55-78-67-64(74)62(72)60(70)57(52-68)80-67)79-59(69)50-48-46-44-42-40-38-36-34-32-30-24-22-20-18-16-14-12-10-8-6-4-2/h5,7,11,13,16-19,22-25,27-28,56-58,60-68,70-75H,3-4,6,8-10,12,14-15,20-21,26,29-55H2,1-2H3/b7-5-,13-11-,18-16-,19-17-,24-22-,25-23-,28-27-. The lowest BCUT2D eigenvalue weighted by Gasteiger charge is -2.42. The number of unbranched alkanes of at least 4 members (excludes halogenated alkanes) is 24. The highest BCUT2D eigenvalue weighted by molar-refractivity contribution is 5.69. The molecule has 0 saturated carbocycles. The number of hydrogen-bond acceptors (Lipinski definition) is 14. The number of aliphatic hydroxyl groups excluding tert-OH is 7. The molecule has 0 amide bonds. The summed E-state index contributed by atoms with van der Waals surface area (Å²) in [7, 11) is 0. The molecule has 81 heavy (non-hydrogen) atoms. The van der Waals surface area contributed by atoms with Gasteiger partial charge in [-0.25, -0.2) is 0 Å². The van der Waals surface area contributed by atoms with Crippen LogP contribution >= 0.6 is 0 Å². The number of aliphatic hydroxyl groups is 7. The molecule has 0 spiro atoms. The van der Waals surface area contributed by atoms with Gasteiger partial charge >= 0.3 is 5.97 Å². The molecule has 14 heteroatoms. The van der Waals surface area contributed by atoms with E-state index in [4.69, 9.17) is 28.4 Å². The molecule has 0 aliphatic carbocycles. The molecule has 0 aromatic carbocycles. The Balaban J connectivity index is 1.68. The third-order valence-electron chi connectivity index (χ3n) is 14.9. The molecule has 2 saturated heterocycles. The molecule has 2 aliphatic rings. The van der Waals surface area contributed by atoms with Gasteiger partial charge < -0.3 is 64.2 Å². The minimum absolute atomic E-state index is 0.0530. The molecule has 0 aromatic heterocycles. The van der Waals surface area contributed by atoms with Gasteiger partial charge in [-0.15, -0.1) is 0 Å². The van der Waals surface area contributed by atoms with Crippen LogP contribution in [0.4, 0.5) is 0 Å². The van der Waals surface area contributed by atoms with Gasteiger partial charge in [-0.3, -0.25) is 4.79 Å². The molecule has 2 heterocycles. The van der Waals surface area contributed by atoms with Crippen LogP contribution in [0.2, 0.25) is 0 Å². The Morgan fingerprint density at radius 2 is 0.802 bits per heavy atom. The van der Waals surface area contributed by atoms with Crippen molar-refractivity contribution in [1.82, 2.24) is 0 Å². The van der Waals surface area contributed by atoms with Gasteiger partial charge in [-0.1, -0.05) is 221 Å². The van der Waals surface area contributed by atoms with Gasteiger partial charge in [-0.05, 0) is 89.9 Å². The van der Waals surface area contributed by atoms with E-state index in [2.05, 4.69) is 98.9 Å². The van der Waals surface area contributed by atoms with E-state index in [1.807, 2.05) is 0 Å². The lowest BCUT2D eigenvalue weighted by Crippen LogP contribution is -2.61. The van der Waals surface area contributed by atoms with Crippen LogP contribution in [0, 0.1) is 0 Å². The zero-order valence-corrected chi connectivity index (χ0v) is 50.5. The van der Waals surface area contributed by atoms with E-state index in [0.29, 0.717) is 13.0 Å². The Morgan fingerprint density at radius 1 is 0.420 bits per heavy atom. The van der Waals surface area contributed by atoms with E-state index in [1.165, 1.54) is 116 Å². The third-order valence-corrected chi connectivity index (χ3v) is 14.9. The fourth-order valence-electron chi connectivity index (χ4n) is 9.76. The van der Waals surface area contributed by atoms with E-state index >= 15 is 0 Å². The molecule has 7 N–H and O–H groups in total. The van der Waals surface area contributed by atoms with E-state index in [1.54, 1.807) is 0 Å². The van der Waals surface area contributed by atoms with Crippen LogP contribution in [-0.2, 0) is 33.2 Å². The maximum absolute atomic E-state index is 13.1. The smallest absolute Gasteiger partial charge is 0.306 e. The summed E-state index contributed by atoms with van der Waals surface area (Å²) in [4.78, 5) is 13.1. The number of esters is 1. The lowest BCUT2D eigenvalue weighted by atomic mass is 9.98. The van der Waals surface area contributed by atoms with Crippen molar-refractivity contribution >= 4 is 5.97 Å². The summed E-state index contributed by atoms with van der Waals surface area (Å²) in [5, 5.41) is 72.5. The van der Waals surface area contributed by atoms with Gasteiger partial charge in [0.1, 0.15) is 54.9 Å². The van der Waals surface area contributed by atoms with E-state index in [9.17, 15) is 40.5 Å². The summed E-state index contributed by atoms with van der Waals surface area (Å²) >= 11 is 0. The average molecular weight is 1150 g/mol. The minimum atomic E-state index is -1.71. The maximum Gasteiger partial charge on any atom is 0.306 e. The zero-order valence-electron chi connectivity index (χ0n) is 50.5. The molecule has 14 nitrogen and oxygen atoms in total. The summed E-state index contributed by atoms with van der Waals surface area (Å²) in [6.45, 7) is 3.56. The first kappa shape index (κ1) is 74.3. The molecule has 11 atom stereocenters. The number of allylic oxidation sites excluding steroid dienone is 14. The van der Waals surface area contributed by atoms with Crippen molar-refractivity contribution in [2.45, 2.75) is 300 Å². The average Bonchev–Trinajstić information content (AvgIpc) is 3.60. The van der Waals surface area contributed by atoms with Crippen LogP contribution < -0.4 is 0 Å². The second-order valence-corrected chi connectivity index (χ2v) is 22.2. The Bertz CT molecular complexity index is 1660. The molecule has 2 aliphatic heterocycles. The fourth-order valence-corrected chi connectivity index (χ4v) is 9.76. The summed E-state index contributed by atoms with van der Waals surface area (Å²) in [5.41, 5.74) is 0. The second-order valence-electron chi connectivity index (χ2n) is 22.2. The largest absolute Gasteiger partial charge is 0.457 e. The number of carbonyl (C=O) groups excluding carboxylic acids is 1. The minimum Gasteiger partial charge on any atom is -0.457 e. The Kier molecular flexibility index (Phi) is 48.3. The monoisotopic (exact) mass is 1140 g/mol. The van der Waals surface area contributed by atoms with Crippen LogP contribution in [0.1, 0.15) is 232 Å². The van der Waals surface area contributed by atoms with Crippen molar-refractivity contribution in [1.29, 1.82) is 0 Å². The topological polar surface area (TPSA) is 214 Å². The normalized spacial score (nSPS) is 24.3. The SMILES string of the molecule is CC/C=C\C/C=C\C/C=C\C/C=C\C/C=C\CCCCCCCCCCCCOCC(COC1OC(COC2OC(CO)C(O)C(O)C2O)C(O)C(O)C1O)OC(=O)CCCCCCCCCCC/C=C\C/C=C\CCCCCCC. The van der Waals surface area contributed by atoms with Crippen molar-refractivity contribution in [3.8, 4) is 0 Å². The quantitative estimate of drug-likeness (QED) is 0.0172. The van der Waals surface area contributed by atoms with Gasteiger partial charge in [0.05, 0.1) is 26.4 Å². The van der Waals surface area contributed by atoms with Crippen LogP contribution in [0.25, 0.3) is 0 Å². The van der Waals surface area contributed by atoms with Crippen LogP contribution in [0.5, 0.6) is 0 Å². The van der Waals surface area contributed by atoms with E-state index < -0.39 is 80.7 Å². The van der Waals surface area contributed by atoms with Crippen molar-refractivity contribution in [2.75, 3.05) is 33.0 Å². The summed E-state index contributed by atoms with van der Waals surface area (Å²) in [6, 6.07) is 0.